The summed E-state index contributed by atoms with van der Waals surface area (Å²) in [4.78, 5) is 18.8. The molecular weight excluding hydrogens is 471 g/mol. The van der Waals surface area contributed by atoms with Crippen molar-refractivity contribution in [3.8, 4) is 16.9 Å². The molecular formula is C27H24F3N3O3. The molecule has 0 radical (unpaired) electrons. The Morgan fingerprint density at radius 1 is 1.19 bits per heavy atom. The van der Waals surface area contributed by atoms with E-state index in [1.54, 1.807) is 41.9 Å². The number of amides is 1. The predicted octanol–water partition coefficient (Wildman–Crippen LogP) is 5.91. The fourth-order valence-electron chi connectivity index (χ4n) is 4.26. The van der Waals surface area contributed by atoms with Crippen LogP contribution < -0.4 is 9.64 Å². The van der Waals surface area contributed by atoms with Gasteiger partial charge in [-0.05, 0) is 54.5 Å². The molecule has 1 aromatic heterocycles. The van der Waals surface area contributed by atoms with E-state index >= 15 is 0 Å². The van der Waals surface area contributed by atoms with Crippen molar-refractivity contribution in [2.75, 3.05) is 4.90 Å². The van der Waals surface area contributed by atoms with Crippen molar-refractivity contribution in [2.24, 2.45) is 7.05 Å². The SMILES string of the molecule is C=CC(=O)N(Cc1cc(-c2ccc(OC(F)(F)F)cc2)c2ncn(C)c2c1[C@H](C)O)c1ccccc1. The minimum Gasteiger partial charge on any atom is -0.406 e. The number of nitrogens with zero attached hydrogens (tertiary/aromatic N) is 3. The molecule has 4 aromatic rings. The summed E-state index contributed by atoms with van der Waals surface area (Å²) in [5, 5.41) is 10.7. The fourth-order valence-corrected chi connectivity index (χ4v) is 4.26. The van der Waals surface area contributed by atoms with Crippen LogP contribution in [0.1, 0.15) is 24.2 Å². The number of alkyl halides is 3. The molecule has 0 aliphatic heterocycles. The number of aliphatic hydroxyl groups excluding tert-OH is 1. The van der Waals surface area contributed by atoms with Crippen LogP contribution in [0.25, 0.3) is 22.2 Å². The molecule has 0 aliphatic rings. The zero-order chi connectivity index (χ0) is 26.0. The number of anilines is 1. The number of para-hydroxylation sites is 1. The van der Waals surface area contributed by atoms with Crippen molar-refractivity contribution in [1.29, 1.82) is 0 Å². The molecule has 1 atom stereocenters. The molecule has 4 rings (SSSR count). The molecule has 0 unspecified atom stereocenters. The van der Waals surface area contributed by atoms with Crippen LogP contribution in [0.5, 0.6) is 5.75 Å². The number of halogens is 3. The summed E-state index contributed by atoms with van der Waals surface area (Å²) in [5.41, 5.74) is 4.39. The predicted molar refractivity (Wildman–Crippen MR) is 131 cm³/mol. The molecule has 3 aromatic carbocycles. The van der Waals surface area contributed by atoms with Crippen molar-refractivity contribution >= 4 is 22.6 Å². The third-order valence-electron chi connectivity index (χ3n) is 5.77. The number of aryl methyl sites for hydroxylation is 1. The normalized spacial score (nSPS) is 12.4. The number of ether oxygens (including phenoxy) is 1. The molecule has 6 nitrogen and oxygen atoms in total. The van der Waals surface area contributed by atoms with Gasteiger partial charge in [0.15, 0.2) is 0 Å². The number of carbonyl (C=O) groups excluding carboxylic acids is 1. The Bertz CT molecular complexity index is 1400. The number of hydrogen-bond donors (Lipinski definition) is 1. The highest BCUT2D eigenvalue weighted by atomic mass is 19.4. The smallest absolute Gasteiger partial charge is 0.406 e. The minimum atomic E-state index is -4.79. The van der Waals surface area contributed by atoms with Gasteiger partial charge >= 0.3 is 6.36 Å². The summed E-state index contributed by atoms with van der Waals surface area (Å²) in [7, 11) is 1.79. The van der Waals surface area contributed by atoms with E-state index in [-0.39, 0.29) is 18.2 Å². The molecule has 0 saturated heterocycles. The van der Waals surface area contributed by atoms with Gasteiger partial charge in [-0.25, -0.2) is 4.98 Å². The van der Waals surface area contributed by atoms with Crippen molar-refractivity contribution in [1.82, 2.24) is 9.55 Å². The maximum atomic E-state index is 12.8. The lowest BCUT2D eigenvalue weighted by atomic mass is 9.93. The molecule has 1 N–H and O–H groups in total. The maximum Gasteiger partial charge on any atom is 0.573 e. The van der Waals surface area contributed by atoms with Crippen LogP contribution in [0.4, 0.5) is 18.9 Å². The highest BCUT2D eigenvalue weighted by molar-refractivity contribution is 6.01. The lowest BCUT2D eigenvalue weighted by Gasteiger charge is -2.25. The van der Waals surface area contributed by atoms with Crippen molar-refractivity contribution in [2.45, 2.75) is 25.9 Å². The number of aromatic nitrogens is 2. The summed E-state index contributed by atoms with van der Waals surface area (Å²) in [6.45, 7) is 5.37. The molecule has 0 spiro atoms. The third-order valence-corrected chi connectivity index (χ3v) is 5.77. The van der Waals surface area contributed by atoms with E-state index in [1.807, 2.05) is 24.3 Å². The zero-order valence-corrected chi connectivity index (χ0v) is 19.7. The van der Waals surface area contributed by atoms with E-state index < -0.39 is 12.5 Å². The van der Waals surface area contributed by atoms with Gasteiger partial charge in [-0.15, -0.1) is 13.2 Å². The van der Waals surface area contributed by atoms with Crippen LogP contribution >= 0.6 is 0 Å². The van der Waals surface area contributed by atoms with Gasteiger partial charge in [0.1, 0.15) is 5.75 Å². The Kier molecular flexibility index (Phi) is 6.85. The Labute approximate surface area is 205 Å². The number of hydrogen-bond acceptors (Lipinski definition) is 4. The van der Waals surface area contributed by atoms with E-state index in [9.17, 15) is 23.1 Å². The van der Waals surface area contributed by atoms with Crippen molar-refractivity contribution in [3.63, 3.8) is 0 Å². The largest absolute Gasteiger partial charge is 0.573 e. The zero-order valence-electron chi connectivity index (χ0n) is 19.7. The molecule has 36 heavy (non-hydrogen) atoms. The standard InChI is InChI=1S/C27H24F3N3O3/c1-4-23(35)33(20-8-6-5-7-9-20)15-19-14-22(18-10-12-21(13-11-18)36-27(28,29)30)25-26(24(19)17(2)34)32(3)16-31-25/h4-14,16-17,34H,1,15H2,2-3H3/t17-/m0/s1. The Balaban J connectivity index is 1.88. The molecule has 9 heteroatoms. The van der Waals surface area contributed by atoms with E-state index in [0.717, 1.165) is 0 Å². The van der Waals surface area contributed by atoms with Crippen LogP contribution in [0.2, 0.25) is 0 Å². The van der Waals surface area contributed by atoms with Crippen LogP contribution in [0, 0.1) is 0 Å². The molecule has 0 fully saturated rings. The number of benzene rings is 3. The summed E-state index contributed by atoms with van der Waals surface area (Å²) in [6, 6.07) is 16.4. The lowest BCUT2D eigenvalue weighted by molar-refractivity contribution is -0.274. The van der Waals surface area contributed by atoms with Crippen LogP contribution in [-0.2, 0) is 18.4 Å². The highest BCUT2D eigenvalue weighted by Gasteiger charge is 2.31. The summed E-state index contributed by atoms with van der Waals surface area (Å²) in [5.74, 6) is -0.658. The molecule has 1 amide bonds. The number of aliphatic hydroxyl groups is 1. The Morgan fingerprint density at radius 2 is 1.86 bits per heavy atom. The number of rotatable bonds is 7. The fraction of sp³-hybridized carbons (Fsp3) is 0.185. The lowest BCUT2D eigenvalue weighted by Crippen LogP contribution is -2.29. The molecule has 1 heterocycles. The van der Waals surface area contributed by atoms with Gasteiger partial charge in [-0.2, -0.15) is 0 Å². The first-order valence-corrected chi connectivity index (χ1v) is 11.1. The molecule has 186 valence electrons. The second-order valence-electron chi connectivity index (χ2n) is 8.26. The van der Waals surface area contributed by atoms with E-state index in [2.05, 4.69) is 16.3 Å². The first-order valence-electron chi connectivity index (χ1n) is 11.1. The molecule has 0 bridgehead atoms. The second kappa shape index (κ2) is 9.87. The van der Waals surface area contributed by atoms with E-state index in [1.165, 1.54) is 30.3 Å². The van der Waals surface area contributed by atoms with Crippen LogP contribution in [-0.4, -0.2) is 26.9 Å². The monoisotopic (exact) mass is 495 g/mol. The number of imidazole rings is 1. The van der Waals surface area contributed by atoms with Gasteiger partial charge in [0.05, 0.1) is 30.0 Å². The van der Waals surface area contributed by atoms with Gasteiger partial charge in [-0.3, -0.25) is 4.79 Å². The highest BCUT2D eigenvalue weighted by Crippen LogP contribution is 2.37. The van der Waals surface area contributed by atoms with Crippen LogP contribution in [0.3, 0.4) is 0 Å². The molecule has 0 saturated carbocycles. The number of carbonyl (C=O) groups is 1. The Morgan fingerprint density at radius 3 is 2.44 bits per heavy atom. The van der Waals surface area contributed by atoms with Crippen molar-refractivity contribution in [3.05, 3.63) is 90.8 Å². The Hall–Kier alpha value is -4.11. The quantitative estimate of drug-likeness (QED) is 0.324. The van der Waals surface area contributed by atoms with E-state index in [0.29, 0.717) is 39.0 Å². The van der Waals surface area contributed by atoms with Gasteiger partial charge < -0.3 is 19.3 Å². The topological polar surface area (TPSA) is 67.6 Å². The van der Waals surface area contributed by atoms with Gasteiger partial charge in [0.25, 0.3) is 5.91 Å². The average Bonchev–Trinajstić information content (AvgIpc) is 3.22. The molecule has 0 aliphatic carbocycles. The van der Waals surface area contributed by atoms with Crippen molar-refractivity contribution < 1.29 is 27.8 Å². The first-order chi connectivity index (χ1) is 17.1. The van der Waals surface area contributed by atoms with Gasteiger partial charge in [0, 0.05) is 23.9 Å². The van der Waals surface area contributed by atoms with Gasteiger partial charge in [0.2, 0.25) is 0 Å². The summed E-state index contributed by atoms with van der Waals surface area (Å²) in [6.07, 6.45) is -2.85. The first kappa shape index (κ1) is 25.0. The third kappa shape index (κ3) is 5.11. The van der Waals surface area contributed by atoms with E-state index in [4.69, 9.17) is 0 Å². The summed E-state index contributed by atoms with van der Waals surface area (Å²) >= 11 is 0. The van der Waals surface area contributed by atoms with Crippen LogP contribution in [0.15, 0.2) is 79.6 Å². The average molecular weight is 496 g/mol. The minimum absolute atomic E-state index is 0.124. The summed E-state index contributed by atoms with van der Waals surface area (Å²) < 4.78 is 43.6. The maximum absolute atomic E-state index is 12.8. The van der Waals surface area contributed by atoms with Gasteiger partial charge in [-0.1, -0.05) is 36.9 Å². The second-order valence-corrected chi connectivity index (χ2v) is 8.26. The number of fused-ring (bicyclic) bond motifs is 1.